The van der Waals surface area contributed by atoms with Crippen molar-refractivity contribution in [1.29, 1.82) is 0 Å². The van der Waals surface area contributed by atoms with Crippen LogP contribution >= 0.6 is 11.3 Å². The van der Waals surface area contributed by atoms with Crippen molar-refractivity contribution in [2.24, 2.45) is 5.92 Å². The second kappa shape index (κ2) is 9.22. The van der Waals surface area contributed by atoms with E-state index in [-0.39, 0.29) is 23.6 Å². The Labute approximate surface area is 187 Å². The Morgan fingerprint density at radius 2 is 2.03 bits per heavy atom. The average molecular weight is 440 g/mol. The first-order valence-electron chi connectivity index (χ1n) is 11.0. The molecule has 0 bridgehead atoms. The molecule has 7 heteroatoms. The van der Waals surface area contributed by atoms with Gasteiger partial charge in [0.15, 0.2) is 0 Å². The number of benzene rings is 1. The molecule has 31 heavy (non-hydrogen) atoms. The minimum Gasteiger partial charge on any atom is -0.370 e. The maximum Gasteiger partial charge on any atom is 0.264 e. The zero-order valence-corrected chi connectivity index (χ0v) is 19.0. The molecule has 0 unspecified atom stereocenters. The second-order valence-corrected chi connectivity index (χ2v) is 9.41. The van der Waals surface area contributed by atoms with Crippen molar-refractivity contribution in [3.63, 3.8) is 0 Å². The van der Waals surface area contributed by atoms with Crippen molar-refractivity contribution in [3.8, 4) is 0 Å². The largest absolute Gasteiger partial charge is 0.370 e. The number of thiophene rings is 1. The standard InChI is InChI=1S/C24H29N3O3S/c1-3-4-12-25(2)22(28)17-8-6-13-26(15-17)20-11-5-10-19-21(20)24(30)27(23(19)29)16-18-9-7-14-31-18/h5,7,9-11,14,17H,3-4,6,8,12-13,15-16H2,1-2H3/t17-/m1/s1. The van der Waals surface area contributed by atoms with Gasteiger partial charge in [-0.05, 0) is 42.8 Å². The third-order valence-corrected chi connectivity index (χ3v) is 7.07. The smallest absolute Gasteiger partial charge is 0.264 e. The number of unbranched alkanes of at least 4 members (excludes halogenated alkanes) is 1. The molecule has 1 fully saturated rings. The lowest BCUT2D eigenvalue weighted by Gasteiger charge is -2.36. The maximum atomic E-state index is 13.2. The quantitative estimate of drug-likeness (QED) is 0.612. The van der Waals surface area contributed by atoms with E-state index < -0.39 is 0 Å². The summed E-state index contributed by atoms with van der Waals surface area (Å²) in [5, 5.41) is 1.95. The van der Waals surface area contributed by atoms with E-state index in [2.05, 4.69) is 11.8 Å². The minimum absolute atomic E-state index is 0.0825. The van der Waals surface area contributed by atoms with Gasteiger partial charge in [0, 0.05) is 31.6 Å². The van der Waals surface area contributed by atoms with Crippen molar-refractivity contribution < 1.29 is 14.4 Å². The van der Waals surface area contributed by atoms with Crippen LogP contribution in [-0.4, -0.2) is 54.2 Å². The molecule has 4 rings (SSSR count). The first kappa shape index (κ1) is 21.6. The van der Waals surface area contributed by atoms with Gasteiger partial charge in [-0.1, -0.05) is 25.5 Å². The van der Waals surface area contributed by atoms with E-state index >= 15 is 0 Å². The minimum atomic E-state index is -0.238. The molecule has 0 N–H and O–H groups in total. The number of carbonyl (C=O) groups is 3. The topological polar surface area (TPSA) is 60.9 Å². The van der Waals surface area contributed by atoms with Gasteiger partial charge in [-0.2, -0.15) is 0 Å². The number of rotatable bonds is 7. The van der Waals surface area contributed by atoms with Crippen molar-refractivity contribution >= 4 is 34.7 Å². The van der Waals surface area contributed by atoms with E-state index in [9.17, 15) is 14.4 Å². The van der Waals surface area contributed by atoms with Crippen LogP contribution in [0.5, 0.6) is 0 Å². The van der Waals surface area contributed by atoms with Gasteiger partial charge in [-0.3, -0.25) is 19.3 Å². The summed E-state index contributed by atoms with van der Waals surface area (Å²) in [6.45, 7) is 4.56. The van der Waals surface area contributed by atoms with Crippen LogP contribution in [0, 0.1) is 5.92 Å². The van der Waals surface area contributed by atoms with Crippen LogP contribution < -0.4 is 4.90 Å². The molecule has 2 aromatic rings. The fourth-order valence-corrected chi connectivity index (χ4v) is 5.19. The van der Waals surface area contributed by atoms with Crippen molar-refractivity contribution in [1.82, 2.24) is 9.80 Å². The van der Waals surface area contributed by atoms with E-state index in [4.69, 9.17) is 0 Å². The molecule has 1 atom stereocenters. The average Bonchev–Trinajstić information content (AvgIpc) is 3.40. The fourth-order valence-electron chi connectivity index (χ4n) is 4.50. The Bertz CT molecular complexity index is 972. The lowest BCUT2D eigenvalue weighted by atomic mass is 9.95. The summed E-state index contributed by atoms with van der Waals surface area (Å²) in [4.78, 5) is 45.4. The number of nitrogens with zero attached hydrogens (tertiary/aromatic N) is 3. The predicted molar refractivity (Wildman–Crippen MR) is 122 cm³/mol. The highest BCUT2D eigenvalue weighted by Gasteiger charge is 2.39. The van der Waals surface area contributed by atoms with Crippen LogP contribution in [0.15, 0.2) is 35.7 Å². The van der Waals surface area contributed by atoms with Crippen LogP contribution in [0.3, 0.4) is 0 Å². The highest BCUT2D eigenvalue weighted by Crippen LogP contribution is 2.35. The molecule has 1 aromatic carbocycles. The molecule has 1 saturated heterocycles. The summed E-state index contributed by atoms with van der Waals surface area (Å²) < 4.78 is 0. The predicted octanol–water partition coefficient (Wildman–Crippen LogP) is 4.02. The molecule has 2 aliphatic heterocycles. The van der Waals surface area contributed by atoms with Crippen LogP contribution in [-0.2, 0) is 11.3 Å². The van der Waals surface area contributed by atoms with Gasteiger partial charge >= 0.3 is 0 Å². The molecule has 0 saturated carbocycles. The Morgan fingerprint density at radius 1 is 1.19 bits per heavy atom. The fraction of sp³-hybridized carbons (Fsp3) is 0.458. The summed E-state index contributed by atoms with van der Waals surface area (Å²) in [5.74, 6) is -0.384. The Morgan fingerprint density at radius 3 is 2.77 bits per heavy atom. The molecule has 2 aliphatic rings. The molecule has 1 aromatic heterocycles. The summed E-state index contributed by atoms with van der Waals surface area (Å²) in [7, 11) is 1.88. The van der Waals surface area contributed by atoms with Gasteiger partial charge in [0.25, 0.3) is 11.8 Å². The molecule has 3 heterocycles. The lowest BCUT2D eigenvalue weighted by Crippen LogP contribution is -2.44. The SMILES string of the molecule is CCCCN(C)C(=O)[C@@H]1CCCN(c2cccc3c2C(=O)N(Cc2cccs2)C3=O)C1. The molecule has 6 nitrogen and oxygen atoms in total. The monoisotopic (exact) mass is 439 g/mol. The number of anilines is 1. The Kier molecular flexibility index (Phi) is 6.41. The second-order valence-electron chi connectivity index (χ2n) is 8.37. The van der Waals surface area contributed by atoms with Crippen LogP contribution in [0.1, 0.15) is 58.2 Å². The highest BCUT2D eigenvalue weighted by molar-refractivity contribution is 7.09. The number of carbonyl (C=O) groups excluding carboxylic acids is 3. The first-order chi connectivity index (χ1) is 15.0. The summed E-state index contributed by atoms with van der Waals surface area (Å²) in [5.41, 5.74) is 1.72. The van der Waals surface area contributed by atoms with Crippen LogP contribution in [0.2, 0.25) is 0 Å². The van der Waals surface area contributed by atoms with E-state index in [0.29, 0.717) is 24.2 Å². The number of amides is 3. The summed E-state index contributed by atoms with van der Waals surface area (Å²) in [6, 6.07) is 9.34. The number of piperidine rings is 1. The van der Waals surface area contributed by atoms with E-state index in [1.807, 2.05) is 41.6 Å². The van der Waals surface area contributed by atoms with Crippen molar-refractivity contribution in [2.75, 3.05) is 31.6 Å². The van der Waals surface area contributed by atoms with Crippen LogP contribution in [0.25, 0.3) is 0 Å². The molecule has 164 valence electrons. The number of hydrogen-bond donors (Lipinski definition) is 0. The molecular weight excluding hydrogens is 410 g/mol. The third-order valence-electron chi connectivity index (χ3n) is 6.21. The molecule has 0 aliphatic carbocycles. The van der Waals surface area contributed by atoms with Gasteiger partial charge in [0.1, 0.15) is 0 Å². The van der Waals surface area contributed by atoms with Gasteiger partial charge in [0.2, 0.25) is 5.91 Å². The van der Waals surface area contributed by atoms with Crippen LogP contribution in [0.4, 0.5) is 5.69 Å². The normalized spacial score (nSPS) is 18.5. The molecular formula is C24H29N3O3S. The van der Waals surface area contributed by atoms with Gasteiger partial charge in [-0.25, -0.2) is 0 Å². The molecule has 0 radical (unpaired) electrons. The van der Waals surface area contributed by atoms with Gasteiger partial charge in [-0.15, -0.1) is 11.3 Å². The lowest BCUT2D eigenvalue weighted by molar-refractivity contribution is -0.134. The number of fused-ring (bicyclic) bond motifs is 1. The Balaban J connectivity index is 1.55. The highest BCUT2D eigenvalue weighted by atomic mass is 32.1. The van der Waals surface area contributed by atoms with Crippen molar-refractivity contribution in [3.05, 3.63) is 51.7 Å². The van der Waals surface area contributed by atoms with Gasteiger partial charge < -0.3 is 9.80 Å². The van der Waals surface area contributed by atoms with Gasteiger partial charge in [0.05, 0.1) is 29.3 Å². The number of imide groups is 1. The summed E-state index contributed by atoms with van der Waals surface area (Å²) >= 11 is 1.54. The molecule has 3 amide bonds. The zero-order chi connectivity index (χ0) is 22.0. The summed E-state index contributed by atoms with van der Waals surface area (Å²) in [6.07, 6.45) is 3.81. The first-order valence-corrected chi connectivity index (χ1v) is 11.9. The van der Waals surface area contributed by atoms with E-state index in [1.165, 1.54) is 16.2 Å². The van der Waals surface area contributed by atoms with Crippen molar-refractivity contribution in [2.45, 2.75) is 39.2 Å². The third kappa shape index (κ3) is 4.24. The van der Waals surface area contributed by atoms with E-state index in [1.54, 1.807) is 6.07 Å². The molecule has 0 spiro atoms. The number of hydrogen-bond acceptors (Lipinski definition) is 5. The zero-order valence-electron chi connectivity index (χ0n) is 18.2. The van der Waals surface area contributed by atoms with E-state index in [0.717, 1.165) is 49.3 Å². The maximum absolute atomic E-state index is 13.2. The Hall–Kier alpha value is -2.67.